The highest BCUT2D eigenvalue weighted by Crippen LogP contribution is 2.26. The number of aromatic nitrogens is 2. The Morgan fingerprint density at radius 2 is 1.64 bits per heavy atom. The van der Waals surface area contributed by atoms with E-state index in [2.05, 4.69) is 25.7 Å². The first-order valence-electron chi connectivity index (χ1n) is 9.18. The highest BCUT2D eigenvalue weighted by atomic mass is 16.5. The molecule has 7 nitrogen and oxygen atoms in total. The predicted molar refractivity (Wildman–Crippen MR) is 109 cm³/mol. The third kappa shape index (κ3) is 4.27. The van der Waals surface area contributed by atoms with Crippen LogP contribution < -0.4 is 15.5 Å². The number of para-hydroxylation sites is 3. The number of nitrogens with one attached hydrogen (secondary N) is 2. The Kier molecular flexibility index (Phi) is 5.44. The second-order valence-corrected chi connectivity index (χ2v) is 6.37. The molecule has 2 heterocycles. The van der Waals surface area contributed by atoms with E-state index >= 15 is 0 Å². The van der Waals surface area contributed by atoms with Crippen LogP contribution >= 0.6 is 0 Å². The van der Waals surface area contributed by atoms with Gasteiger partial charge in [0.2, 0.25) is 0 Å². The Morgan fingerprint density at radius 3 is 2.39 bits per heavy atom. The SMILES string of the molecule is O=C(Nc1ccccc1N1CCOCC1)c1ccc(Nc2ccccc2)nn1. The smallest absolute Gasteiger partial charge is 0.276 e. The minimum Gasteiger partial charge on any atom is -0.378 e. The van der Waals surface area contributed by atoms with E-state index in [0.29, 0.717) is 19.0 Å². The highest BCUT2D eigenvalue weighted by molar-refractivity contribution is 6.04. The van der Waals surface area contributed by atoms with E-state index in [4.69, 9.17) is 4.74 Å². The molecule has 0 atom stereocenters. The quantitative estimate of drug-likeness (QED) is 0.712. The Labute approximate surface area is 163 Å². The molecule has 0 radical (unpaired) electrons. The summed E-state index contributed by atoms with van der Waals surface area (Å²) in [4.78, 5) is 14.8. The lowest BCUT2D eigenvalue weighted by Gasteiger charge is -2.30. The zero-order valence-corrected chi connectivity index (χ0v) is 15.3. The number of nitrogens with zero attached hydrogens (tertiary/aromatic N) is 3. The Hall–Kier alpha value is -3.45. The minimum absolute atomic E-state index is 0.260. The van der Waals surface area contributed by atoms with Crippen molar-refractivity contribution in [1.82, 2.24) is 10.2 Å². The summed E-state index contributed by atoms with van der Waals surface area (Å²) in [6.07, 6.45) is 0. The number of hydrogen-bond acceptors (Lipinski definition) is 6. The Morgan fingerprint density at radius 1 is 0.893 bits per heavy atom. The molecule has 1 saturated heterocycles. The number of morpholine rings is 1. The topological polar surface area (TPSA) is 79.4 Å². The van der Waals surface area contributed by atoms with Gasteiger partial charge in [0.25, 0.3) is 5.91 Å². The summed E-state index contributed by atoms with van der Waals surface area (Å²) in [5, 5.41) is 14.3. The normalized spacial score (nSPS) is 13.8. The zero-order valence-electron chi connectivity index (χ0n) is 15.3. The molecule has 0 unspecified atom stereocenters. The van der Waals surface area contributed by atoms with Crippen molar-refractivity contribution in [2.45, 2.75) is 0 Å². The van der Waals surface area contributed by atoms with Crippen LogP contribution in [0.1, 0.15) is 10.5 Å². The van der Waals surface area contributed by atoms with Gasteiger partial charge in [-0.15, -0.1) is 10.2 Å². The van der Waals surface area contributed by atoms with E-state index in [9.17, 15) is 4.79 Å². The lowest BCUT2D eigenvalue weighted by Crippen LogP contribution is -2.36. The molecule has 1 aliphatic rings. The Balaban J connectivity index is 1.45. The molecular weight excluding hydrogens is 354 g/mol. The Bertz CT molecular complexity index is 925. The number of hydrogen-bond donors (Lipinski definition) is 2. The first-order chi connectivity index (χ1) is 13.8. The fourth-order valence-electron chi connectivity index (χ4n) is 3.04. The second kappa shape index (κ2) is 8.49. The van der Waals surface area contributed by atoms with Gasteiger partial charge in [-0.3, -0.25) is 4.79 Å². The number of carbonyl (C=O) groups is 1. The molecule has 2 N–H and O–H groups in total. The molecule has 0 saturated carbocycles. The summed E-state index contributed by atoms with van der Waals surface area (Å²) in [5.41, 5.74) is 2.90. The van der Waals surface area contributed by atoms with E-state index < -0.39 is 0 Å². The summed E-state index contributed by atoms with van der Waals surface area (Å²) in [6.45, 7) is 2.96. The molecule has 1 aliphatic heterocycles. The van der Waals surface area contributed by atoms with Gasteiger partial charge in [0.1, 0.15) is 0 Å². The van der Waals surface area contributed by atoms with Crippen molar-refractivity contribution in [3.8, 4) is 0 Å². The van der Waals surface area contributed by atoms with Crippen LogP contribution in [0.4, 0.5) is 22.9 Å². The van der Waals surface area contributed by atoms with E-state index in [1.54, 1.807) is 12.1 Å². The fraction of sp³-hybridized carbons (Fsp3) is 0.190. The van der Waals surface area contributed by atoms with Crippen LogP contribution in [0.3, 0.4) is 0 Å². The third-order valence-corrected chi connectivity index (χ3v) is 4.45. The highest BCUT2D eigenvalue weighted by Gasteiger charge is 2.17. The summed E-state index contributed by atoms with van der Waals surface area (Å²) in [7, 11) is 0. The van der Waals surface area contributed by atoms with Crippen molar-refractivity contribution in [3.05, 3.63) is 72.4 Å². The molecular formula is C21H21N5O2. The van der Waals surface area contributed by atoms with Crippen LogP contribution in [0.2, 0.25) is 0 Å². The van der Waals surface area contributed by atoms with Gasteiger partial charge in [0.05, 0.1) is 24.6 Å². The van der Waals surface area contributed by atoms with Crippen molar-refractivity contribution in [2.24, 2.45) is 0 Å². The largest absolute Gasteiger partial charge is 0.378 e. The first-order valence-corrected chi connectivity index (χ1v) is 9.18. The number of carbonyl (C=O) groups excluding carboxylic acids is 1. The maximum absolute atomic E-state index is 12.6. The maximum atomic E-state index is 12.6. The molecule has 2 aromatic carbocycles. The number of ether oxygens (including phenoxy) is 1. The lowest BCUT2D eigenvalue weighted by molar-refractivity contribution is 0.102. The van der Waals surface area contributed by atoms with Crippen molar-refractivity contribution < 1.29 is 9.53 Å². The molecule has 0 spiro atoms. The van der Waals surface area contributed by atoms with Gasteiger partial charge in [0.15, 0.2) is 11.5 Å². The van der Waals surface area contributed by atoms with E-state index in [-0.39, 0.29) is 11.6 Å². The first kappa shape index (κ1) is 17.9. The summed E-state index contributed by atoms with van der Waals surface area (Å²) < 4.78 is 5.41. The molecule has 7 heteroatoms. The fourth-order valence-corrected chi connectivity index (χ4v) is 3.04. The van der Waals surface area contributed by atoms with Gasteiger partial charge in [-0.2, -0.15) is 0 Å². The minimum atomic E-state index is -0.292. The van der Waals surface area contributed by atoms with Crippen LogP contribution in [0.25, 0.3) is 0 Å². The lowest BCUT2D eigenvalue weighted by atomic mass is 10.2. The third-order valence-electron chi connectivity index (χ3n) is 4.45. The number of rotatable bonds is 5. The summed E-state index contributed by atoms with van der Waals surface area (Å²) in [6, 6.07) is 20.8. The van der Waals surface area contributed by atoms with Gasteiger partial charge in [0, 0.05) is 18.8 Å². The van der Waals surface area contributed by atoms with Gasteiger partial charge < -0.3 is 20.3 Å². The number of amides is 1. The molecule has 142 valence electrons. The standard InChI is InChI=1S/C21H21N5O2/c27-21(18-10-11-20(25-24-18)22-16-6-2-1-3-7-16)23-17-8-4-5-9-19(17)26-12-14-28-15-13-26/h1-11H,12-15H2,(H,22,25)(H,23,27). The van der Waals surface area contributed by atoms with E-state index in [1.807, 2.05) is 54.6 Å². The van der Waals surface area contributed by atoms with Crippen LogP contribution in [0, 0.1) is 0 Å². The van der Waals surface area contributed by atoms with Crippen molar-refractivity contribution in [1.29, 1.82) is 0 Å². The van der Waals surface area contributed by atoms with Gasteiger partial charge in [-0.25, -0.2) is 0 Å². The van der Waals surface area contributed by atoms with E-state index in [1.165, 1.54) is 0 Å². The molecule has 28 heavy (non-hydrogen) atoms. The summed E-state index contributed by atoms with van der Waals surface area (Å²) in [5.74, 6) is 0.288. The zero-order chi connectivity index (χ0) is 19.2. The van der Waals surface area contributed by atoms with Crippen molar-refractivity contribution in [3.63, 3.8) is 0 Å². The van der Waals surface area contributed by atoms with Crippen LogP contribution in [-0.4, -0.2) is 42.4 Å². The maximum Gasteiger partial charge on any atom is 0.276 e. The van der Waals surface area contributed by atoms with Crippen LogP contribution in [0.15, 0.2) is 66.7 Å². The molecule has 4 rings (SSSR count). The average Bonchev–Trinajstić information content (AvgIpc) is 2.76. The predicted octanol–water partition coefficient (Wildman–Crippen LogP) is 3.31. The van der Waals surface area contributed by atoms with Gasteiger partial charge in [-0.05, 0) is 36.4 Å². The molecule has 0 bridgehead atoms. The molecule has 1 aromatic heterocycles. The van der Waals surface area contributed by atoms with Crippen LogP contribution in [0.5, 0.6) is 0 Å². The van der Waals surface area contributed by atoms with E-state index in [0.717, 1.165) is 30.2 Å². The number of anilines is 4. The molecule has 1 fully saturated rings. The second-order valence-electron chi connectivity index (χ2n) is 6.37. The molecule has 0 aliphatic carbocycles. The van der Waals surface area contributed by atoms with Gasteiger partial charge >= 0.3 is 0 Å². The number of benzene rings is 2. The summed E-state index contributed by atoms with van der Waals surface area (Å²) >= 11 is 0. The van der Waals surface area contributed by atoms with Gasteiger partial charge in [-0.1, -0.05) is 30.3 Å². The average molecular weight is 375 g/mol. The molecule has 1 amide bonds. The van der Waals surface area contributed by atoms with Crippen molar-refractivity contribution in [2.75, 3.05) is 41.8 Å². The van der Waals surface area contributed by atoms with Crippen LogP contribution in [-0.2, 0) is 4.74 Å². The monoisotopic (exact) mass is 375 g/mol. The molecule has 3 aromatic rings. The van der Waals surface area contributed by atoms with Crippen molar-refractivity contribution >= 4 is 28.8 Å².